The van der Waals surface area contributed by atoms with E-state index in [0.717, 1.165) is 18.2 Å². The van der Waals surface area contributed by atoms with Gasteiger partial charge in [-0.2, -0.15) is 4.98 Å². The van der Waals surface area contributed by atoms with Crippen molar-refractivity contribution in [2.45, 2.75) is 11.8 Å². The Balaban J connectivity index is 2.37. The molecule has 0 saturated carbocycles. The van der Waals surface area contributed by atoms with Crippen LogP contribution in [0.3, 0.4) is 0 Å². The number of rotatable bonds is 4. The number of aryl methyl sites for hydroxylation is 1. The van der Waals surface area contributed by atoms with Crippen LogP contribution < -0.4 is 10.5 Å². The molecule has 2 rings (SSSR count). The van der Waals surface area contributed by atoms with Crippen molar-refractivity contribution < 1.29 is 17.8 Å². The zero-order chi connectivity index (χ0) is 14.9. The van der Waals surface area contributed by atoms with Crippen molar-refractivity contribution in [3.63, 3.8) is 0 Å². The second-order valence-corrected chi connectivity index (χ2v) is 5.53. The predicted octanol–water partition coefficient (Wildman–Crippen LogP) is 1.27. The van der Waals surface area contributed by atoms with Gasteiger partial charge in [0.15, 0.2) is 0 Å². The smallest absolute Gasteiger partial charge is 0.309 e. The summed E-state index contributed by atoms with van der Waals surface area (Å²) in [6.45, 7) is 1.63. The van der Waals surface area contributed by atoms with Crippen molar-refractivity contribution in [2.75, 3.05) is 10.5 Å². The number of nitro benzene ring substituents is 1. The average Bonchev–Trinajstić information content (AvgIpc) is 2.73. The Morgan fingerprint density at radius 2 is 2.15 bits per heavy atom. The number of nitrogens with two attached hydrogens (primary N) is 1. The first-order valence-corrected chi connectivity index (χ1v) is 6.77. The maximum atomic E-state index is 12.1. The molecule has 0 saturated heterocycles. The van der Waals surface area contributed by atoms with Crippen molar-refractivity contribution in [2.24, 2.45) is 0 Å². The van der Waals surface area contributed by atoms with Crippen LogP contribution in [0.4, 0.5) is 17.4 Å². The fraction of sp³-hybridized carbons (Fsp3) is 0.100. The molecule has 106 valence electrons. The van der Waals surface area contributed by atoms with Crippen molar-refractivity contribution in [3.05, 3.63) is 40.3 Å². The van der Waals surface area contributed by atoms with E-state index in [2.05, 4.69) is 9.71 Å². The van der Waals surface area contributed by atoms with Crippen LogP contribution in [0.25, 0.3) is 0 Å². The number of anilines is 2. The SMILES string of the molecule is Cc1coc(NS(=O)(=O)c2ccc([N+](=O)[O-])cc2N)n1. The van der Waals surface area contributed by atoms with Gasteiger partial charge in [-0.1, -0.05) is 0 Å². The van der Waals surface area contributed by atoms with Gasteiger partial charge in [-0.25, -0.2) is 13.1 Å². The Morgan fingerprint density at radius 1 is 1.45 bits per heavy atom. The lowest BCUT2D eigenvalue weighted by molar-refractivity contribution is -0.384. The molecule has 0 radical (unpaired) electrons. The molecule has 0 aliphatic heterocycles. The summed E-state index contributed by atoms with van der Waals surface area (Å²) in [7, 11) is -4.03. The third-order valence-electron chi connectivity index (χ3n) is 2.33. The molecule has 0 amide bonds. The third kappa shape index (κ3) is 2.69. The summed E-state index contributed by atoms with van der Waals surface area (Å²) in [6, 6.07) is 2.85. The van der Waals surface area contributed by atoms with E-state index in [0.29, 0.717) is 5.69 Å². The van der Waals surface area contributed by atoms with E-state index in [1.165, 1.54) is 6.26 Å². The van der Waals surface area contributed by atoms with Crippen LogP contribution in [0.1, 0.15) is 5.69 Å². The summed E-state index contributed by atoms with van der Waals surface area (Å²) in [6.07, 6.45) is 1.27. The number of nitrogens with zero attached hydrogens (tertiary/aromatic N) is 2. The highest BCUT2D eigenvalue weighted by molar-refractivity contribution is 7.92. The van der Waals surface area contributed by atoms with Gasteiger partial charge in [-0.3, -0.25) is 10.1 Å². The lowest BCUT2D eigenvalue weighted by atomic mass is 10.3. The van der Waals surface area contributed by atoms with Crippen molar-refractivity contribution in [3.8, 4) is 0 Å². The largest absolute Gasteiger partial charge is 0.431 e. The molecule has 20 heavy (non-hydrogen) atoms. The predicted molar refractivity (Wildman–Crippen MR) is 69.6 cm³/mol. The summed E-state index contributed by atoms with van der Waals surface area (Å²) in [5.74, 6) is 0. The number of nitrogens with one attached hydrogen (secondary N) is 1. The number of hydrogen-bond acceptors (Lipinski definition) is 7. The number of oxazole rings is 1. The van der Waals surface area contributed by atoms with Gasteiger partial charge in [0.25, 0.3) is 15.7 Å². The molecule has 9 nitrogen and oxygen atoms in total. The molecule has 0 atom stereocenters. The number of hydrogen-bond donors (Lipinski definition) is 2. The summed E-state index contributed by atoms with van der Waals surface area (Å²) in [5, 5.41) is 10.6. The second kappa shape index (κ2) is 4.81. The Hall–Kier alpha value is -2.62. The molecule has 0 bridgehead atoms. The van der Waals surface area contributed by atoms with Crippen LogP contribution in [0.5, 0.6) is 0 Å². The first-order valence-electron chi connectivity index (χ1n) is 5.28. The third-order valence-corrected chi connectivity index (χ3v) is 3.73. The van der Waals surface area contributed by atoms with E-state index in [1.807, 2.05) is 0 Å². The molecule has 0 aliphatic rings. The molecule has 3 N–H and O–H groups in total. The van der Waals surface area contributed by atoms with Crippen molar-refractivity contribution >= 4 is 27.4 Å². The maximum Gasteiger partial charge on any atom is 0.309 e. The molecule has 1 aromatic carbocycles. The van der Waals surface area contributed by atoms with E-state index >= 15 is 0 Å². The highest BCUT2D eigenvalue weighted by Gasteiger charge is 2.21. The number of non-ortho nitro benzene ring substituents is 1. The Labute approximate surface area is 113 Å². The van der Waals surface area contributed by atoms with Gasteiger partial charge in [0, 0.05) is 12.1 Å². The lowest BCUT2D eigenvalue weighted by Crippen LogP contribution is -2.15. The fourth-order valence-electron chi connectivity index (χ4n) is 1.46. The molecular weight excluding hydrogens is 288 g/mol. The molecule has 10 heteroatoms. The lowest BCUT2D eigenvalue weighted by Gasteiger charge is -2.06. The first kappa shape index (κ1) is 13.8. The standard InChI is InChI=1S/C10H10N4O5S/c1-6-5-19-10(12-6)13-20(17,18)9-3-2-7(14(15)16)4-8(9)11/h2-5H,11H2,1H3,(H,12,13). The van der Waals surface area contributed by atoms with Gasteiger partial charge >= 0.3 is 6.01 Å². The van der Waals surface area contributed by atoms with E-state index in [9.17, 15) is 18.5 Å². The number of sulfonamides is 1. The summed E-state index contributed by atoms with van der Waals surface area (Å²) < 4.78 is 31.1. The van der Waals surface area contributed by atoms with Gasteiger partial charge in [-0.15, -0.1) is 0 Å². The Bertz CT molecular complexity index is 768. The zero-order valence-electron chi connectivity index (χ0n) is 10.2. The second-order valence-electron chi connectivity index (χ2n) is 3.88. The minimum Gasteiger partial charge on any atom is -0.431 e. The van der Waals surface area contributed by atoms with E-state index in [4.69, 9.17) is 10.2 Å². The van der Waals surface area contributed by atoms with Crippen LogP contribution in [-0.2, 0) is 10.0 Å². The summed E-state index contributed by atoms with van der Waals surface area (Å²) >= 11 is 0. The Kier molecular flexibility index (Phi) is 3.32. The van der Waals surface area contributed by atoms with Crippen LogP contribution in [0.2, 0.25) is 0 Å². The molecule has 0 aliphatic carbocycles. The minimum atomic E-state index is -4.03. The van der Waals surface area contributed by atoms with Crippen LogP contribution in [-0.4, -0.2) is 18.3 Å². The fourth-order valence-corrected chi connectivity index (χ4v) is 2.51. The van der Waals surface area contributed by atoms with Gasteiger partial charge in [0.05, 0.1) is 16.3 Å². The van der Waals surface area contributed by atoms with E-state index in [-0.39, 0.29) is 22.3 Å². The van der Waals surface area contributed by atoms with Crippen molar-refractivity contribution in [1.29, 1.82) is 0 Å². The van der Waals surface area contributed by atoms with Gasteiger partial charge in [0.2, 0.25) is 0 Å². The molecule has 0 fully saturated rings. The first-order chi connectivity index (χ1) is 9.29. The number of benzene rings is 1. The topological polar surface area (TPSA) is 141 Å². The Morgan fingerprint density at radius 3 is 2.65 bits per heavy atom. The highest BCUT2D eigenvalue weighted by Crippen LogP contribution is 2.25. The quantitative estimate of drug-likeness (QED) is 0.491. The summed E-state index contributed by atoms with van der Waals surface area (Å²) in [5.41, 5.74) is 5.49. The normalized spacial score (nSPS) is 11.2. The number of aromatic nitrogens is 1. The maximum absolute atomic E-state index is 12.1. The zero-order valence-corrected chi connectivity index (χ0v) is 11.0. The van der Waals surface area contributed by atoms with E-state index in [1.54, 1.807) is 6.92 Å². The highest BCUT2D eigenvalue weighted by atomic mass is 32.2. The average molecular weight is 298 g/mol. The summed E-state index contributed by atoms with van der Waals surface area (Å²) in [4.78, 5) is 13.4. The van der Waals surface area contributed by atoms with Gasteiger partial charge in [-0.05, 0) is 13.0 Å². The molecule has 2 aromatic rings. The van der Waals surface area contributed by atoms with E-state index < -0.39 is 14.9 Å². The number of nitro groups is 1. The van der Waals surface area contributed by atoms with Crippen LogP contribution in [0, 0.1) is 17.0 Å². The van der Waals surface area contributed by atoms with Crippen LogP contribution >= 0.6 is 0 Å². The molecule has 1 aromatic heterocycles. The number of nitrogen functional groups attached to an aromatic ring is 1. The molecule has 0 unspecified atom stereocenters. The molecule has 0 spiro atoms. The van der Waals surface area contributed by atoms with Crippen molar-refractivity contribution in [1.82, 2.24) is 4.98 Å². The molecular formula is C10H10N4O5S. The molecule has 1 heterocycles. The van der Waals surface area contributed by atoms with Crippen LogP contribution in [0.15, 0.2) is 33.8 Å². The van der Waals surface area contributed by atoms with Gasteiger partial charge in [0.1, 0.15) is 11.2 Å². The minimum absolute atomic E-state index is 0.208. The monoisotopic (exact) mass is 298 g/mol. The van der Waals surface area contributed by atoms with Gasteiger partial charge < -0.3 is 10.2 Å².